The number of benzene rings is 3. The van der Waals surface area contributed by atoms with Gasteiger partial charge in [0.1, 0.15) is 5.82 Å². The topological polar surface area (TPSA) is 29.5 Å². The third-order valence-corrected chi connectivity index (χ3v) is 10.5. The number of hydrogen-bond acceptors (Lipinski definition) is 2. The van der Waals surface area contributed by atoms with E-state index < -0.39 is 8.32 Å². The van der Waals surface area contributed by atoms with Crippen molar-refractivity contribution in [2.24, 2.45) is 0 Å². The maximum Gasteiger partial charge on any atom is 0.261 e. The van der Waals surface area contributed by atoms with Crippen molar-refractivity contribution in [3.63, 3.8) is 0 Å². The Kier molecular flexibility index (Phi) is 6.68. The number of aliphatic hydroxyl groups excluding tert-OH is 1. The fraction of sp³-hybridized carbons (Fsp3) is 0.280. The summed E-state index contributed by atoms with van der Waals surface area (Å²) in [6.45, 7) is 7.00. The van der Waals surface area contributed by atoms with E-state index >= 15 is 0 Å². The maximum atomic E-state index is 13.3. The van der Waals surface area contributed by atoms with E-state index in [0.29, 0.717) is 6.61 Å². The first-order chi connectivity index (χ1) is 13.9. The van der Waals surface area contributed by atoms with Gasteiger partial charge in [-0.25, -0.2) is 4.39 Å². The monoisotopic (exact) mass is 408 g/mol. The van der Waals surface area contributed by atoms with Crippen LogP contribution in [0.5, 0.6) is 0 Å². The zero-order valence-corrected chi connectivity index (χ0v) is 18.3. The maximum absolute atomic E-state index is 13.3. The first-order valence-electron chi connectivity index (χ1n) is 10.00. The standard InChI is InChI=1S/C25H29FO2Si/c1-25(2,3)29(23-10-6-4-7-11-23,24-12-8-5-9-13-24)28-19-21(18-27)20-14-16-22(26)17-15-20/h4-17,21,27H,18-19H2,1-3H3/t21-/m0/s1. The van der Waals surface area contributed by atoms with Crippen molar-refractivity contribution in [1.29, 1.82) is 0 Å². The van der Waals surface area contributed by atoms with Crippen LogP contribution in [-0.2, 0) is 4.43 Å². The van der Waals surface area contributed by atoms with Crippen LogP contribution in [-0.4, -0.2) is 26.6 Å². The zero-order chi connectivity index (χ0) is 20.9. The van der Waals surface area contributed by atoms with Gasteiger partial charge in [0.15, 0.2) is 0 Å². The highest BCUT2D eigenvalue weighted by molar-refractivity contribution is 6.99. The summed E-state index contributed by atoms with van der Waals surface area (Å²) in [5, 5.41) is 12.3. The molecule has 0 aromatic heterocycles. The van der Waals surface area contributed by atoms with Crippen LogP contribution in [0.1, 0.15) is 32.3 Å². The Balaban J connectivity index is 2.04. The Morgan fingerprint density at radius 2 is 1.31 bits per heavy atom. The number of rotatable bonds is 7. The van der Waals surface area contributed by atoms with Crippen LogP contribution < -0.4 is 10.4 Å². The molecule has 0 fully saturated rings. The van der Waals surface area contributed by atoms with Gasteiger partial charge >= 0.3 is 0 Å². The summed E-state index contributed by atoms with van der Waals surface area (Å²) < 4.78 is 20.2. The lowest BCUT2D eigenvalue weighted by Crippen LogP contribution is -2.66. The SMILES string of the molecule is CC(C)(C)[Si](OC[C@H](CO)c1ccc(F)cc1)(c1ccccc1)c1ccccc1. The second-order valence-corrected chi connectivity index (χ2v) is 12.7. The lowest BCUT2D eigenvalue weighted by atomic mass is 10.0. The van der Waals surface area contributed by atoms with Gasteiger partial charge in [0.25, 0.3) is 8.32 Å². The first-order valence-corrected chi connectivity index (χ1v) is 11.9. The highest BCUT2D eigenvalue weighted by Gasteiger charge is 2.50. The minimum absolute atomic E-state index is 0.0518. The van der Waals surface area contributed by atoms with Crippen molar-refractivity contribution in [3.8, 4) is 0 Å². The predicted octanol–water partition coefficient (Wildman–Crippen LogP) is 4.48. The van der Waals surface area contributed by atoms with E-state index in [4.69, 9.17) is 4.43 Å². The fourth-order valence-electron chi connectivity index (χ4n) is 3.98. The second-order valence-electron chi connectivity index (χ2n) is 8.41. The highest BCUT2D eigenvalue weighted by Crippen LogP contribution is 2.37. The Morgan fingerprint density at radius 3 is 1.72 bits per heavy atom. The van der Waals surface area contributed by atoms with Crippen molar-refractivity contribution >= 4 is 18.7 Å². The Hall–Kier alpha value is -2.27. The smallest absolute Gasteiger partial charge is 0.261 e. The van der Waals surface area contributed by atoms with E-state index in [0.717, 1.165) is 5.56 Å². The molecular weight excluding hydrogens is 379 g/mol. The molecule has 3 aromatic carbocycles. The van der Waals surface area contributed by atoms with Crippen LogP contribution in [0.25, 0.3) is 0 Å². The molecule has 0 heterocycles. The molecule has 29 heavy (non-hydrogen) atoms. The van der Waals surface area contributed by atoms with Gasteiger partial charge < -0.3 is 9.53 Å². The molecule has 4 heteroatoms. The van der Waals surface area contributed by atoms with Crippen molar-refractivity contribution in [2.75, 3.05) is 13.2 Å². The van der Waals surface area contributed by atoms with Crippen molar-refractivity contribution in [2.45, 2.75) is 31.7 Å². The summed E-state index contributed by atoms with van der Waals surface area (Å²) in [6.07, 6.45) is 0. The average molecular weight is 409 g/mol. The van der Waals surface area contributed by atoms with Crippen LogP contribution in [0.3, 0.4) is 0 Å². The molecular formula is C25H29FO2Si. The van der Waals surface area contributed by atoms with Gasteiger partial charge in [-0.05, 0) is 33.1 Å². The molecule has 0 spiro atoms. The predicted molar refractivity (Wildman–Crippen MR) is 120 cm³/mol. The molecule has 0 saturated carbocycles. The van der Waals surface area contributed by atoms with Crippen LogP contribution in [0, 0.1) is 5.82 Å². The summed E-state index contributed by atoms with van der Waals surface area (Å²) in [5.41, 5.74) is 0.881. The molecule has 0 bridgehead atoms. The lowest BCUT2D eigenvalue weighted by molar-refractivity contribution is 0.198. The van der Waals surface area contributed by atoms with Gasteiger partial charge in [-0.3, -0.25) is 0 Å². The summed E-state index contributed by atoms with van der Waals surface area (Å²) >= 11 is 0. The quantitative estimate of drug-likeness (QED) is 0.584. The van der Waals surface area contributed by atoms with Crippen LogP contribution in [0.2, 0.25) is 5.04 Å². The second kappa shape index (κ2) is 9.03. The van der Waals surface area contributed by atoms with Gasteiger partial charge in [0, 0.05) is 12.5 Å². The molecule has 0 saturated heterocycles. The summed E-state index contributed by atoms with van der Waals surface area (Å²) in [5.74, 6) is -0.490. The summed E-state index contributed by atoms with van der Waals surface area (Å²) in [7, 11) is -2.66. The van der Waals surface area contributed by atoms with Gasteiger partial charge in [-0.1, -0.05) is 93.6 Å². The van der Waals surface area contributed by atoms with E-state index in [2.05, 4.69) is 69.3 Å². The van der Waals surface area contributed by atoms with E-state index in [1.807, 2.05) is 12.1 Å². The average Bonchev–Trinajstić information content (AvgIpc) is 2.73. The Labute approximate surface area is 174 Å². The van der Waals surface area contributed by atoms with Crippen LogP contribution in [0.15, 0.2) is 84.9 Å². The van der Waals surface area contributed by atoms with Gasteiger partial charge in [-0.2, -0.15) is 0 Å². The molecule has 2 nitrogen and oxygen atoms in total. The lowest BCUT2D eigenvalue weighted by Gasteiger charge is -2.43. The van der Waals surface area contributed by atoms with Crippen LogP contribution in [0.4, 0.5) is 4.39 Å². The number of halogens is 1. The molecule has 0 aliphatic carbocycles. The van der Waals surface area contributed by atoms with Gasteiger partial charge in [0.2, 0.25) is 0 Å². The largest absolute Gasteiger partial charge is 0.407 e. The Bertz CT molecular complexity index is 850. The Morgan fingerprint density at radius 1 is 0.828 bits per heavy atom. The van der Waals surface area contributed by atoms with E-state index in [1.165, 1.54) is 22.5 Å². The molecule has 0 radical (unpaired) electrons. The van der Waals surface area contributed by atoms with Gasteiger partial charge in [-0.15, -0.1) is 0 Å². The molecule has 0 unspecified atom stereocenters. The minimum Gasteiger partial charge on any atom is -0.407 e. The van der Waals surface area contributed by atoms with E-state index in [-0.39, 0.29) is 23.4 Å². The van der Waals surface area contributed by atoms with Crippen molar-refractivity contribution in [3.05, 3.63) is 96.3 Å². The van der Waals surface area contributed by atoms with Crippen molar-refractivity contribution < 1.29 is 13.9 Å². The summed E-state index contributed by atoms with van der Waals surface area (Å²) in [4.78, 5) is 0. The normalized spacial score (nSPS) is 13.3. The van der Waals surface area contributed by atoms with Crippen molar-refractivity contribution in [1.82, 2.24) is 0 Å². The molecule has 3 aromatic rings. The molecule has 0 aliphatic rings. The number of aliphatic hydroxyl groups is 1. The molecule has 1 N–H and O–H groups in total. The number of hydrogen-bond donors (Lipinski definition) is 1. The zero-order valence-electron chi connectivity index (χ0n) is 17.3. The van der Waals surface area contributed by atoms with E-state index in [1.54, 1.807) is 12.1 Å². The van der Waals surface area contributed by atoms with Gasteiger partial charge in [0.05, 0.1) is 6.61 Å². The summed E-state index contributed by atoms with van der Waals surface area (Å²) in [6, 6.07) is 27.2. The van der Waals surface area contributed by atoms with E-state index in [9.17, 15) is 9.50 Å². The third-order valence-electron chi connectivity index (χ3n) is 5.48. The molecule has 152 valence electrons. The molecule has 0 aliphatic heterocycles. The minimum atomic E-state index is -2.66. The highest BCUT2D eigenvalue weighted by atomic mass is 28.4. The third kappa shape index (κ3) is 4.50. The first kappa shape index (κ1) is 21.4. The van der Waals surface area contributed by atoms with Crippen LogP contribution >= 0.6 is 0 Å². The molecule has 0 amide bonds. The fourth-order valence-corrected chi connectivity index (χ4v) is 8.58. The molecule has 3 rings (SSSR count). The molecule has 1 atom stereocenters.